The van der Waals surface area contributed by atoms with Crippen LogP contribution < -0.4 is 21.9 Å². The van der Waals surface area contributed by atoms with Gasteiger partial charge in [0.05, 0.1) is 16.4 Å². The Morgan fingerprint density at radius 1 is 0.875 bits per heavy atom. The van der Waals surface area contributed by atoms with Crippen molar-refractivity contribution in [3.05, 3.63) is 64.9 Å². The van der Waals surface area contributed by atoms with Gasteiger partial charge in [-0.2, -0.15) is 0 Å². The summed E-state index contributed by atoms with van der Waals surface area (Å²) in [7, 11) is 0. The van der Waals surface area contributed by atoms with Crippen molar-refractivity contribution in [2.24, 2.45) is 0 Å². The van der Waals surface area contributed by atoms with Gasteiger partial charge in [-0.3, -0.25) is 10.9 Å². The number of hydrazine groups is 1. The third-order valence-corrected chi connectivity index (χ3v) is 3.73. The van der Waals surface area contributed by atoms with Crippen LogP contribution in [0.5, 0.6) is 0 Å². The van der Waals surface area contributed by atoms with E-state index in [0.717, 1.165) is 5.69 Å². The normalized spacial score (nSPS) is 10.2. The highest BCUT2D eigenvalue weighted by molar-refractivity contribution is 6.35. The lowest BCUT2D eigenvalue weighted by molar-refractivity contribution is 1.16. The zero-order valence-corrected chi connectivity index (χ0v) is 13.9. The van der Waals surface area contributed by atoms with Gasteiger partial charge in [0.1, 0.15) is 12.0 Å². The number of nitrogens with two attached hydrogens (primary N) is 1. The summed E-state index contributed by atoms with van der Waals surface area (Å²) in [6.07, 6.45) is 1.39. The van der Waals surface area contributed by atoms with E-state index in [4.69, 9.17) is 28.9 Å². The van der Waals surface area contributed by atoms with Crippen LogP contribution in [0.25, 0.3) is 0 Å². The predicted octanol–water partition coefficient (Wildman–Crippen LogP) is 4.55. The van der Waals surface area contributed by atoms with Crippen LogP contribution in [0.2, 0.25) is 10.0 Å². The van der Waals surface area contributed by atoms with Crippen LogP contribution in [0.4, 0.5) is 28.7 Å². The van der Waals surface area contributed by atoms with Crippen LogP contribution in [-0.4, -0.2) is 9.97 Å². The molecule has 0 spiro atoms. The molecule has 0 aliphatic rings. The highest BCUT2D eigenvalue weighted by atomic mass is 35.5. The predicted molar refractivity (Wildman–Crippen MR) is 99.9 cm³/mol. The first kappa shape index (κ1) is 16.2. The molecule has 0 saturated carbocycles. The van der Waals surface area contributed by atoms with Gasteiger partial charge >= 0.3 is 0 Å². The van der Waals surface area contributed by atoms with Crippen molar-refractivity contribution in [3.63, 3.8) is 0 Å². The molecular formula is C16H14Cl2N6. The van der Waals surface area contributed by atoms with Crippen LogP contribution >= 0.6 is 23.2 Å². The minimum Gasteiger partial charge on any atom is -0.393 e. The number of nitrogen functional groups attached to an aromatic ring is 1. The molecular weight excluding hydrogens is 347 g/mol. The number of rotatable bonds is 5. The number of hydrogen-bond acceptors (Lipinski definition) is 6. The lowest BCUT2D eigenvalue weighted by Gasteiger charge is -2.14. The quantitative estimate of drug-likeness (QED) is 0.499. The average Bonchev–Trinajstić information content (AvgIpc) is 2.60. The van der Waals surface area contributed by atoms with Crippen LogP contribution in [-0.2, 0) is 0 Å². The molecule has 5 N–H and O–H groups in total. The molecule has 3 rings (SSSR count). The number of nitrogens with zero attached hydrogens (tertiary/aromatic N) is 2. The van der Waals surface area contributed by atoms with E-state index >= 15 is 0 Å². The maximum absolute atomic E-state index is 6.15. The van der Waals surface area contributed by atoms with Crippen LogP contribution in [0.1, 0.15) is 0 Å². The first-order valence-electron chi connectivity index (χ1n) is 7.03. The molecule has 1 aromatic heterocycles. The Hall–Kier alpha value is -2.70. The zero-order valence-electron chi connectivity index (χ0n) is 12.4. The molecule has 6 nitrogen and oxygen atoms in total. The van der Waals surface area contributed by atoms with Crippen molar-refractivity contribution >= 4 is 51.9 Å². The van der Waals surface area contributed by atoms with E-state index in [1.54, 1.807) is 18.2 Å². The van der Waals surface area contributed by atoms with Gasteiger partial charge in [-0.1, -0.05) is 41.4 Å². The van der Waals surface area contributed by atoms with E-state index in [-0.39, 0.29) is 0 Å². The molecule has 2 aromatic carbocycles. The molecule has 0 atom stereocenters. The SMILES string of the molecule is Nc1c(NNc2ccccc2)ncnc1Nc1cc(Cl)ccc1Cl. The molecule has 0 radical (unpaired) electrons. The van der Waals surface area contributed by atoms with Gasteiger partial charge in [0.25, 0.3) is 0 Å². The molecule has 0 bridgehead atoms. The van der Waals surface area contributed by atoms with Gasteiger partial charge < -0.3 is 11.1 Å². The summed E-state index contributed by atoms with van der Waals surface area (Å²) in [5, 5.41) is 4.12. The summed E-state index contributed by atoms with van der Waals surface area (Å²) in [6, 6.07) is 14.7. The molecule has 122 valence electrons. The maximum Gasteiger partial charge on any atom is 0.173 e. The highest BCUT2D eigenvalue weighted by Crippen LogP contribution is 2.31. The number of nitrogens with one attached hydrogen (secondary N) is 3. The van der Waals surface area contributed by atoms with Crippen molar-refractivity contribution < 1.29 is 0 Å². The second-order valence-electron chi connectivity index (χ2n) is 4.85. The Morgan fingerprint density at radius 3 is 2.42 bits per heavy atom. The molecule has 0 aliphatic heterocycles. The van der Waals surface area contributed by atoms with Gasteiger partial charge in [-0.25, -0.2) is 9.97 Å². The topological polar surface area (TPSA) is 87.9 Å². The summed E-state index contributed by atoms with van der Waals surface area (Å²) < 4.78 is 0. The Morgan fingerprint density at radius 2 is 1.62 bits per heavy atom. The van der Waals surface area contributed by atoms with E-state index in [9.17, 15) is 0 Å². The summed E-state index contributed by atoms with van der Waals surface area (Å²) in [5.41, 5.74) is 13.9. The lowest BCUT2D eigenvalue weighted by Crippen LogP contribution is -2.13. The highest BCUT2D eigenvalue weighted by Gasteiger charge is 2.10. The van der Waals surface area contributed by atoms with E-state index in [1.807, 2.05) is 30.3 Å². The van der Waals surface area contributed by atoms with E-state index in [0.29, 0.717) is 33.1 Å². The minimum atomic E-state index is 0.344. The Balaban J connectivity index is 1.79. The summed E-state index contributed by atoms with van der Waals surface area (Å²) in [6.45, 7) is 0. The standard InChI is InChI=1S/C16H14Cl2N6/c17-10-6-7-12(18)13(8-10)22-15-14(19)16(21-9-20-15)24-23-11-4-2-1-3-5-11/h1-9,23H,19H2,(H2,20,21,22,24). The molecule has 0 fully saturated rings. The first-order valence-corrected chi connectivity index (χ1v) is 7.78. The van der Waals surface area contributed by atoms with Gasteiger partial charge in [0.2, 0.25) is 0 Å². The number of hydrogen-bond donors (Lipinski definition) is 4. The van der Waals surface area contributed by atoms with Crippen LogP contribution in [0.15, 0.2) is 54.9 Å². The third-order valence-electron chi connectivity index (χ3n) is 3.16. The van der Waals surface area contributed by atoms with Crippen LogP contribution in [0, 0.1) is 0 Å². The van der Waals surface area contributed by atoms with Gasteiger partial charge in [0, 0.05) is 5.02 Å². The lowest BCUT2D eigenvalue weighted by atomic mass is 10.3. The molecule has 24 heavy (non-hydrogen) atoms. The third kappa shape index (κ3) is 3.79. The number of para-hydroxylation sites is 1. The molecule has 0 saturated heterocycles. The van der Waals surface area contributed by atoms with Crippen molar-refractivity contribution in [3.8, 4) is 0 Å². The average molecular weight is 361 g/mol. The largest absolute Gasteiger partial charge is 0.393 e. The van der Waals surface area contributed by atoms with Crippen LogP contribution in [0.3, 0.4) is 0 Å². The molecule has 0 amide bonds. The number of aromatic nitrogens is 2. The molecule has 0 aliphatic carbocycles. The van der Waals surface area contributed by atoms with Gasteiger partial charge in [0.15, 0.2) is 11.6 Å². The van der Waals surface area contributed by atoms with Crippen molar-refractivity contribution in [2.75, 3.05) is 21.9 Å². The monoisotopic (exact) mass is 360 g/mol. The smallest absolute Gasteiger partial charge is 0.173 e. The molecule has 1 heterocycles. The fourth-order valence-corrected chi connectivity index (χ4v) is 2.31. The van der Waals surface area contributed by atoms with E-state index < -0.39 is 0 Å². The van der Waals surface area contributed by atoms with Gasteiger partial charge in [-0.15, -0.1) is 0 Å². The fraction of sp³-hybridized carbons (Fsp3) is 0. The second-order valence-corrected chi connectivity index (χ2v) is 5.69. The minimum absolute atomic E-state index is 0.344. The Bertz CT molecular complexity index is 841. The molecule has 3 aromatic rings. The van der Waals surface area contributed by atoms with Gasteiger partial charge in [-0.05, 0) is 30.3 Å². The fourth-order valence-electron chi connectivity index (χ4n) is 1.97. The first-order chi connectivity index (χ1) is 11.6. The molecule has 8 heteroatoms. The van der Waals surface area contributed by atoms with E-state index in [1.165, 1.54) is 6.33 Å². The Kier molecular flexibility index (Phi) is 4.88. The second kappa shape index (κ2) is 7.25. The maximum atomic E-state index is 6.15. The zero-order chi connectivity index (χ0) is 16.9. The van der Waals surface area contributed by atoms with Crippen molar-refractivity contribution in [2.45, 2.75) is 0 Å². The Labute approximate surface area is 149 Å². The number of anilines is 5. The summed E-state index contributed by atoms with van der Waals surface area (Å²) >= 11 is 12.1. The van der Waals surface area contributed by atoms with Crippen molar-refractivity contribution in [1.29, 1.82) is 0 Å². The summed E-state index contributed by atoms with van der Waals surface area (Å²) in [5.74, 6) is 0.862. The van der Waals surface area contributed by atoms with Crippen molar-refractivity contribution in [1.82, 2.24) is 9.97 Å². The summed E-state index contributed by atoms with van der Waals surface area (Å²) in [4.78, 5) is 8.27. The molecule has 0 unspecified atom stereocenters. The number of benzene rings is 2. The number of halogens is 2. The van der Waals surface area contributed by atoms with E-state index in [2.05, 4.69) is 26.1 Å².